The second-order valence-electron chi connectivity index (χ2n) is 6.10. The third-order valence-corrected chi connectivity index (χ3v) is 4.99. The summed E-state index contributed by atoms with van der Waals surface area (Å²) in [6.07, 6.45) is 0. The first-order chi connectivity index (χ1) is 9.35. The lowest BCUT2D eigenvalue weighted by molar-refractivity contribution is 0.425. The van der Waals surface area contributed by atoms with Gasteiger partial charge in [0.15, 0.2) is 5.13 Å². The molecule has 2 heterocycles. The Hall–Kier alpha value is -0.910. The van der Waals surface area contributed by atoms with Gasteiger partial charge in [-0.05, 0) is 50.1 Å². The Morgan fingerprint density at radius 2 is 2.10 bits per heavy atom. The first-order valence-electron chi connectivity index (χ1n) is 6.79. The minimum Gasteiger partial charge on any atom is -0.347 e. The highest BCUT2D eigenvalue weighted by Crippen LogP contribution is 2.27. The molecule has 0 aliphatic carbocycles. The van der Waals surface area contributed by atoms with Crippen LogP contribution in [-0.2, 0) is 13.1 Å². The van der Waals surface area contributed by atoms with Gasteiger partial charge in [0.25, 0.3) is 0 Å². The van der Waals surface area contributed by atoms with Crippen LogP contribution in [0, 0.1) is 6.92 Å². The van der Waals surface area contributed by atoms with Gasteiger partial charge in [-0.2, -0.15) is 11.3 Å². The summed E-state index contributed by atoms with van der Waals surface area (Å²) in [6.45, 7) is 10.5. The van der Waals surface area contributed by atoms with Crippen molar-refractivity contribution in [3.05, 3.63) is 33.0 Å². The topological polar surface area (TPSA) is 28.2 Å². The average molecular weight is 310 g/mol. The van der Waals surface area contributed by atoms with Gasteiger partial charge in [-0.3, -0.25) is 0 Å². The van der Waals surface area contributed by atoms with Crippen molar-refractivity contribution < 1.29 is 0 Å². The zero-order chi connectivity index (χ0) is 14.8. The van der Waals surface area contributed by atoms with Gasteiger partial charge in [0.05, 0.1) is 5.69 Å². The second kappa shape index (κ2) is 6.24. The van der Waals surface area contributed by atoms with E-state index in [0.717, 1.165) is 23.9 Å². The highest BCUT2D eigenvalue weighted by Gasteiger charge is 2.14. The monoisotopic (exact) mass is 309 g/mol. The molecule has 2 rings (SSSR count). The third-order valence-electron chi connectivity index (χ3n) is 2.99. The number of aromatic nitrogens is 1. The molecule has 3 nitrogen and oxygen atoms in total. The number of rotatable bonds is 5. The molecule has 0 aromatic carbocycles. The summed E-state index contributed by atoms with van der Waals surface area (Å²) >= 11 is 3.53. The van der Waals surface area contributed by atoms with Crippen LogP contribution < -0.4 is 10.2 Å². The molecule has 0 aliphatic rings. The van der Waals surface area contributed by atoms with Crippen LogP contribution >= 0.6 is 22.7 Å². The number of thiazole rings is 1. The summed E-state index contributed by atoms with van der Waals surface area (Å²) < 4.78 is 0. The molecule has 0 amide bonds. The third kappa shape index (κ3) is 4.30. The van der Waals surface area contributed by atoms with E-state index in [1.807, 2.05) is 0 Å². The second-order valence-corrected chi connectivity index (χ2v) is 7.94. The van der Waals surface area contributed by atoms with Crippen LogP contribution in [0.4, 0.5) is 5.13 Å². The van der Waals surface area contributed by atoms with E-state index in [0.29, 0.717) is 0 Å². The van der Waals surface area contributed by atoms with Gasteiger partial charge >= 0.3 is 0 Å². The molecule has 0 spiro atoms. The molecule has 0 fully saturated rings. The van der Waals surface area contributed by atoms with Crippen LogP contribution in [0.15, 0.2) is 16.8 Å². The first-order valence-corrected chi connectivity index (χ1v) is 8.54. The van der Waals surface area contributed by atoms with Crippen molar-refractivity contribution >= 4 is 27.8 Å². The molecule has 0 aliphatic heterocycles. The maximum Gasteiger partial charge on any atom is 0.185 e. The molecule has 20 heavy (non-hydrogen) atoms. The number of nitrogens with one attached hydrogen (secondary N) is 1. The Kier molecular flexibility index (Phi) is 4.83. The number of hydrogen-bond acceptors (Lipinski definition) is 5. The van der Waals surface area contributed by atoms with E-state index < -0.39 is 0 Å². The Labute approximate surface area is 129 Å². The van der Waals surface area contributed by atoms with E-state index in [4.69, 9.17) is 4.98 Å². The smallest absolute Gasteiger partial charge is 0.185 e. The van der Waals surface area contributed by atoms with Gasteiger partial charge < -0.3 is 10.2 Å². The van der Waals surface area contributed by atoms with Gasteiger partial charge in [-0.25, -0.2) is 4.98 Å². The Morgan fingerprint density at radius 1 is 1.35 bits per heavy atom. The summed E-state index contributed by atoms with van der Waals surface area (Å²) in [7, 11) is 2.11. The lowest BCUT2D eigenvalue weighted by Crippen LogP contribution is -2.34. The lowest BCUT2D eigenvalue weighted by atomic mass is 10.1. The van der Waals surface area contributed by atoms with Gasteiger partial charge in [0, 0.05) is 30.6 Å². The molecule has 0 bridgehead atoms. The van der Waals surface area contributed by atoms with Gasteiger partial charge in [0.2, 0.25) is 0 Å². The predicted octanol–water partition coefficient (Wildman–Crippen LogP) is 4.04. The molecule has 2 aromatic rings. The van der Waals surface area contributed by atoms with E-state index in [1.165, 1.54) is 10.4 Å². The predicted molar refractivity (Wildman–Crippen MR) is 89.9 cm³/mol. The van der Waals surface area contributed by atoms with Crippen LogP contribution in [0.3, 0.4) is 0 Å². The van der Waals surface area contributed by atoms with Crippen LogP contribution in [0.5, 0.6) is 0 Å². The summed E-state index contributed by atoms with van der Waals surface area (Å²) in [4.78, 5) is 8.25. The van der Waals surface area contributed by atoms with E-state index in [-0.39, 0.29) is 5.54 Å². The zero-order valence-corrected chi connectivity index (χ0v) is 14.5. The minimum atomic E-state index is 0.138. The van der Waals surface area contributed by atoms with Crippen LogP contribution in [0.2, 0.25) is 0 Å². The molecule has 0 unspecified atom stereocenters. The molecule has 0 atom stereocenters. The average Bonchev–Trinajstić information content (AvgIpc) is 2.95. The van der Waals surface area contributed by atoms with Gasteiger partial charge in [-0.15, -0.1) is 11.3 Å². The Morgan fingerprint density at radius 3 is 2.70 bits per heavy atom. The summed E-state index contributed by atoms with van der Waals surface area (Å²) in [5.41, 5.74) is 2.62. The molecule has 110 valence electrons. The number of hydrogen-bond donors (Lipinski definition) is 1. The Bertz CT molecular complexity index is 538. The van der Waals surface area contributed by atoms with E-state index in [1.54, 1.807) is 22.7 Å². The molecule has 0 radical (unpaired) electrons. The first kappa shape index (κ1) is 15.5. The van der Waals surface area contributed by atoms with Gasteiger partial charge in [-0.1, -0.05) is 0 Å². The maximum atomic E-state index is 4.70. The van der Waals surface area contributed by atoms with Crippen molar-refractivity contribution in [1.29, 1.82) is 0 Å². The fourth-order valence-electron chi connectivity index (χ4n) is 1.81. The van der Waals surface area contributed by atoms with Crippen LogP contribution in [-0.4, -0.2) is 17.6 Å². The highest BCUT2D eigenvalue weighted by molar-refractivity contribution is 7.15. The van der Waals surface area contributed by atoms with E-state index in [9.17, 15) is 0 Å². The Balaban J connectivity index is 2.02. The standard InChI is InChI=1S/C15H23N3S2/c1-11-13(8-16-15(2,3)4)20-14(17-11)18(5)9-12-6-7-19-10-12/h6-7,10,16H,8-9H2,1-5H3. The molecule has 1 N–H and O–H groups in total. The molecular weight excluding hydrogens is 286 g/mol. The highest BCUT2D eigenvalue weighted by atomic mass is 32.1. The fraction of sp³-hybridized carbons (Fsp3) is 0.533. The summed E-state index contributed by atoms with van der Waals surface area (Å²) in [5.74, 6) is 0. The lowest BCUT2D eigenvalue weighted by Gasteiger charge is -2.20. The maximum absolute atomic E-state index is 4.70. The largest absolute Gasteiger partial charge is 0.347 e. The minimum absolute atomic E-state index is 0.138. The molecular formula is C15H23N3S2. The zero-order valence-electron chi connectivity index (χ0n) is 12.9. The van der Waals surface area contributed by atoms with Crippen LogP contribution in [0.1, 0.15) is 36.9 Å². The molecule has 2 aromatic heterocycles. The van der Waals surface area contributed by atoms with E-state index in [2.05, 4.69) is 61.8 Å². The number of anilines is 1. The molecule has 5 heteroatoms. The van der Waals surface area contributed by atoms with Crippen molar-refractivity contribution in [3.8, 4) is 0 Å². The SMILES string of the molecule is Cc1nc(N(C)Cc2ccsc2)sc1CNC(C)(C)C. The molecule has 0 saturated heterocycles. The fourth-order valence-corrected chi connectivity index (χ4v) is 3.43. The quantitative estimate of drug-likeness (QED) is 0.903. The van der Waals surface area contributed by atoms with Crippen LogP contribution in [0.25, 0.3) is 0 Å². The van der Waals surface area contributed by atoms with Crippen molar-refractivity contribution in [2.24, 2.45) is 0 Å². The van der Waals surface area contributed by atoms with Crippen molar-refractivity contribution in [2.75, 3.05) is 11.9 Å². The number of nitrogens with zero attached hydrogens (tertiary/aromatic N) is 2. The van der Waals surface area contributed by atoms with Crippen molar-refractivity contribution in [3.63, 3.8) is 0 Å². The van der Waals surface area contributed by atoms with E-state index >= 15 is 0 Å². The normalized spacial score (nSPS) is 11.8. The number of thiophene rings is 1. The molecule has 0 saturated carbocycles. The summed E-state index contributed by atoms with van der Waals surface area (Å²) in [5, 5.41) is 8.94. The van der Waals surface area contributed by atoms with Crippen molar-refractivity contribution in [1.82, 2.24) is 10.3 Å². The summed E-state index contributed by atoms with van der Waals surface area (Å²) in [6, 6.07) is 2.17. The number of aryl methyl sites for hydroxylation is 1. The van der Waals surface area contributed by atoms with Gasteiger partial charge in [0.1, 0.15) is 0 Å². The van der Waals surface area contributed by atoms with Crippen molar-refractivity contribution in [2.45, 2.75) is 46.3 Å².